The molecule has 1 aromatic heterocycles. The molecule has 0 aliphatic heterocycles. The summed E-state index contributed by atoms with van der Waals surface area (Å²) in [7, 11) is 1.65. The van der Waals surface area contributed by atoms with Crippen LogP contribution in [0.4, 0.5) is 0 Å². The fourth-order valence-corrected chi connectivity index (χ4v) is 1.63. The summed E-state index contributed by atoms with van der Waals surface area (Å²) in [6, 6.07) is 9.54. The fourth-order valence-electron chi connectivity index (χ4n) is 1.63. The van der Waals surface area contributed by atoms with E-state index >= 15 is 0 Å². The average Bonchev–Trinajstić information content (AvgIpc) is 2.75. The molecule has 1 atom stereocenters. The van der Waals surface area contributed by atoms with E-state index in [0.717, 1.165) is 22.6 Å². The van der Waals surface area contributed by atoms with Crippen molar-refractivity contribution in [2.45, 2.75) is 13.0 Å². The monoisotopic (exact) mass is 217 g/mol. The Kier molecular flexibility index (Phi) is 2.97. The lowest BCUT2D eigenvalue weighted by Crippen LogP contribution is -2.10. The first-order valence-electron chi connectivity index (χ1n) is 5.15. The van der Waals surface area contributed by atoms with Gasteiger partial charge >= 0.3 is 0 Å². The molecule has 0 amide bonds. The largest absolute Gasteiger partial charge is 0.497 e. The molecule has 2 N–H and O–H groups in total. The minimum Gasteiger partial charge on any atom is -0.497 e. The molecule has 2 aromatic rings. The van der Waals surface area contributed by atoms with Crippen LogP contribution in [0.3, 0.4) is 0 Å². The smallest absolute Gasteiger partial charge is 0.118 e. The Labute approximate surface area is 94.8 Å². The number of benzene rings is 1. The molecule has 0 fully saturated rings. The zero-order valence-corrected chi connectivity index (χ0v) is 9.44. The van der Waals surface area contributed by atoms with Gasteiger partial charge in [0, 0.05) is 5.56 Å². The zero-order chi connectivity index (χ0) is 11.5. The van der Waals surface area contributed by atoms with Crippen molar-refractivity contribution in [2.75, 3.05) is 7.11 Å². The molecule has 3 nitrogen and oxygen atoms in total. The summed E-state index contributed by atoms with van der Waals surface area (Å²) in [6.07, 6.45) is 1.70. The molecular weight excluding hydrogens is 202 g/mol. The molecule has 0 saturated carbocycles. The highest BCUT2D eigenvalue weighted by Crippen LogP contribution is 2.23. The van der Waals surface area contributed by atoms with E-state index in [2.05, 4.69) is 0 Å². The predicted molar refractivity (Wildman–Crippen MR) is 62.5 cm³/mol. The highest BCUT2D eigenvalue weighted by molar-refractivity contribution is 5.34. The number of hydrogen-bond donors (Lipinski definition) is 1. The van der Waals surface area contributed by atoms with Gasteiger partial charge in [-0.2, -0.15) is 0 Å². The molecule has 0 aliphatic carbocycles. The number of nitrogens with two attached hydrogens (primary N) is 1. The summed E-state index contributed by atoms with van der Waals surface area (Å²) in [5.74, 6) is 1.71. The number of ether oxygens (including phenoxy) is 1. The molecule has 84 valence electrons. The maximum absolute atomic E-state index is 6.12. The quantitative estimate of drug-likeness (QED) is 0.859. The van der Waals surface area contributed by atoms with Crippen LogP contribution in [0, 0.1) is 6.92 Å². The van der Waals surface area contributed by atoms with Crippen molar-refractivity contribution in [3.63, 3.8) is 0 Å². The molecule has 16 heavy (non-hydrogen) atoms. The first-order chi connectivity index (χ1) is 7.70. The number of methoxy groups -OCH3 is 1. The number of furan rings is 1. The Bertz CT molecular complexity index is 459. The van der Waals surface area contributed by atoms with Crippen molar-refractivity contribution < 1.29 is 9.15 Å². The molecule has 1 heterocycles. The number of rotatable bonds is 3. The van der Waals surface area contributed by atoms with Crippen LogP contribution in [0.25, 0.3) is 0 Å². The zero-order valence-electron chi connectivity index (χ0n) is 9.44. The molecule has 2 rings (SSSR count). The molecule has 1 aromatic carbocycles. The highest BCUT2D eigenvalue weighted by atomic mass is 16.5. The van der Waals surface area contributed by atoms with Gasteiger partial charge in [0.1, 0.15) is 11.5 Å². The van der Waals surface area contributed by atoms with Crippen molar-refractivity contribution in [2.24, 2.45) is 5.73 Å². The Morgan fingerprint density at radius 1 is 1.19 bits per heavy atom. The summed E-state index contributed by atoms with van der Waals surface area (Å²) in [5.41, 5.74) is 8.15. The van der Waals surface area contributed by atoms with E-state index in [0.29, 0.717) is 0 Å². The van der Waals surface area contributed by atoms with Crippen LogP contribution in [0.1, 0.15) is 22.9 Å². The van der Waals surface area contributed by atoms with Crippen LogP contribution in [0.15, 0.2) is 41.0 Å². The van der Waals surface area contributed by atoms with Crippen molar-refractivity contribution in [1.29, 1.82) is 0 Å². The molecule has 1 unspecified atom stereocenters. The van der Waals surface area contributed by atoms with Crippen molar-refractivity contribution in [1.82, 2.24) is 0 Å². The molecule has 0 bridgehead atoms. The van der Waals surface area contributed by atoms with Gasteiger partial charge in [-0.15, -0.1) is 0 Å². The fraction of sp³-hybridized carbons (Fsp3) is 0.231. The Morgan fingerprint density at radius 3 is 2.38 bits per heavy atom. The van der Waals surface area contributed by atoms with Crippen molar-refractivity contribution >= 4 is 0 Å². The first kappa shape index (κ1) is 10.8. The normalized spacial score (nSPS) is 12.4. The molecule has 0 aliphatic rings. The Morgan fingerprint density at radius 2 is 1.88 bits per heavy atom. The lowest BCUT2D eigenvalue weighted by Gasteiger charge is -2.10. The third kappa shape index (κ3) is 2.09. The molecular formula is C13H15NO2. The molecule has 0 radical (unpaired) electrons. The Balaban J connectivity index is 2.23. The predicted octanol–water partition coefficient (Wildman–Crippen LogP) is 2.64. The van der Waals surface area contributed by atoms with Crippen LogP contribution in [-0.4, -0.2) is 7.11 Å². The van der Waals surface area contributed by atoms with E-state index < -0.39 is 0 Å². The molecule has 0 spiro atoms. The van der Waals surface area contributed by atoms with Gasteiger partial charge in [-0.25, -0.2) is 0 Å². The van der Waals surface area contributed by atoms with Gasteiger partial charge in [0.15, 0.2) is 0 Å². The van der Waals surface area contributed by atoms with Gasteiger partial charge in [0.2, 0.25) is 0 Å². The van der Waals surface area contributed by atoms with E-state index in [4.69, 9.17) is 14.9 Å². The van der Waals surface area contributed by atoms with E-state index in [-0.39, 0.29) is 6.04 Å². The van der Waals surface area contributed by atoms with Gasteiger partial charge in [0.05, 0.1) is 19.4 Å². The van der Waals surface area contributed by atoms with Crippen LogP contribution in [-0.2, 0) is 0 Å². The summed E-state index contributed by atoms with van der Waals surface area (Å²) in [6.45, 7) is 1.91. The second-order valence-corrected chi connectivity index (χ2v) is 3.74. The first-order valence-corrected chi connectivity index (χ1v) is 5.15. The maximum atomic E-state index is 6.12. The van der Waals surface area contributed by atoms with E-state index in [1.807, 2.05) is 37.3 Å². The van der Waals surface area contributed by atoms with Crippen molar-refractivity contribution in [3.8, 4) is 5.75 Å². The standard InChI is InChI=1S/C13H15NO2/c1-9-7-11(8-16-9)13(14)10-3-5-12(15-2)6-4-10/h3-8,13H,14H2,1-2H3. The summed E-state index contributed by atoms with van der Waals surface area (Å²) < 4.78 is 10.3. The van der Waals surface area contributed by atoms with Gasteiger partial charge in [-0.05, 0) is 30.7 Å². The molecule has 3 heteroatoms. The number of aryl methyl sites for hydroxylation is 1. The van der Waals surface area contributed by atoms with Gasteiger partial charge < -0.3 is 14.9 Å². The maximum Gasteiger partial charge on any atom is 0.118 e. The summed E-state index contributed by atoms with van der Waals surface area (Å²) in [5, 5.41) is 0. The minimum atomic E-state index is -0.150. The van der Waals surface area contributed by atoms with Gasteiger partial charge in [0.25, 0.3) is 0 Å². The average molecular weight is 217 g/mol. The van der Waals surface area contributed by atoms with E-state index in [1.54, 1.807) is 13.4 Å². The third-order valence-electron chi connectivity index (χ3n) is 2.58. The molecule has 0 saturated heterocycles. The highest BCUT2D eigenvalue weighted by Gasteiger charge is 2.11. The minimum absolute atomic E-state index is 0.150. The van der Waals surface area contributed by atoms with Gasteiger partial charge in [-0.3, -0.25) is 0 Å². The van der Waals surface area contributed by atoms with Crippen LogP contribution < -0.4 is 10.5 Å². The SMILES string of the molecule is COc1ccc(C(N)c2coc(C)c2)cc1. The van der Waals surface area contributed by atoms with E-state index in [1.165, 1.54) is 0 Å². The van der Waals surface area contributed by atoms with Crippen molar-refractivity contribution in [3.05, 3.63) is 53.5 Å². The number of hydrogen-bond acceptors (Lipinski definition) is 3. The van der Waals surface area contributed by atoms with Gasteiger partial charge in [-0.1, -0.05) is 12.1 Å². The topological polar surface area (TPSA) is 48.4 Å². The second kappa shape index (κ2) is 4.41. The lowest BCUT2D eigenvalue weighted by atomic mass is 10.0. The summed E-state index contributed by atoms with van der Waals surface area (Å²) in [4.78, 5) is 0. The van der Waals surface area contributed by atoms with Crippen LogP contribution >= 0.6 is 0 Å². The second-order valence-electron chi connectivity index (χ2n) is 3.74. The lowest BCUT2D eigenvalue weighted by molar-refractivity contribution is 0.414. The Hall–Kier alpha value is -1.74. The van der Waals surface area contributed by atoms with Crippen LogP contribution in [0.2, 0.25) is 0 Å². The van der Waals surface area contributed by atoms with Crippen LogP contribution in [0.5, 0.6) is 5.75 Å². The third-order valence-corrected chi connectivity index (χ3v) is 2.58. The summed E-state index contributed by atoms with van der Waals surface area (Å²) >= 11 is 0. The van der Waals surface area contributed by atoms with E-state index in [9.17, 15) is 0 Å².